The molecule has 2 aromatic rings. The summed E-state index contributed by atoms with van der Waals surface area (Å²) in [6, 6.07) is 14.6. The average Bonchev–Trinajstić information content (AvgIpc) is 2.89. The van der Waals surface area contributed by atoms with E-state index < -0.39 is 0 Å². The van der Waals surface area contributed by atoms with Crippen LogP contribution in [0.25, 0.3) is 0 Å². The highest BCUT2D eigenvalue weighted by molar-refractivity contribution is 6.21. The first-order valence-corrected chi connectivity index (χ1v) is 8.52. The molecule has 2 N–H and O–H groups in total. The summed E-state index contributed by atoms with van der Waals surface area (Å²) >= 11 is 0. The molecule has 0 radical (unpaired) electrons. The lowest BCUT2D eigenvalue weighted by Crippen LogP contribution is -2.37. The van der Waals surface area contributed by atoms with Crippen LogP contribution in [0.3, 0.4) is 0 Å². The van der Waals surface area contributed by atoms with Crippen LogP contribution in [0, 0.1) is 0 Å². The molecule has 6 nitrogen and oxygen atoms in total. The highest BCUT2D eigenvalue weighted by Crippen LogP contribution is 2.23. The molecule has 1 heterocycles. The Morgan fingerprint density at radius 3 is 2.33 bits per heavy atom. The van der Waals surface area contributed by atoms with Gasteiger partial charge in [-0.1, -0.05) is 30.3 Å². The van der Waals surface area contributed by atoms with Crippen LogP contribution in [0.5, 0.6) is 0 Å². The van der Waals surface area contributed by atoms with Crippen molar-refractivity contribution in [3.63, 3.8) is 0 Å². The summed E-state index contributed by atoms with van der Waals surface area (Å²) in [6.07, 6.45) is 0.720. The lowest BCUT2D eigenvalue weighted by atomic mass is 10.0. The number of nitrogens with zero attached hydrogens (tertiary/aromatic N) is 2. The van der Waals surface area contributed by atoms with Gasteiger partial charge in [0.2, 0.25) is 0 Å². The van der Waals surface area contributed by atoms with Crippen LogP contribution in [0.2, 0.25) is 0 Å². The van der Waals surface area contributed by atoms with Crippen molar-refractivity contribution in [3.05, 3.63) is 70.8 Å². The molecule has 2 aromatic carbocycles. The number of carbonyl (C=O) groups is 3. The molecule has 3 rings (SSSR count). The highest BCUT2D eigenvalue weighted by Gasteiger charge is 2.33. The zero-order valence-electron chi connectivity index (χ0n) is 15.1. The molecule has 0 saturated heterocycles. The second-order valence-corrected chi connectivity index (χ2v) is 6.25. The van der Waals surface area contributed by atoms with Crippen molar-refractivity contribution >= 4 is 30.1 Å². The Labute approximate surface area is 164 Å². The highest BCUT2D eigenvalue weighted by atomic mass is 35.5. The van der Waals surface area contributed by atoms with E-state index >= 15 is 0 Å². The SMILES string of the molecule is CN1C(=O)c2ccc(C(=O)N(CCN)CCc3ccccc3)cc2C1=O.Cl. The lowest BCUT2D eigenvalue weighted by molar-refractivity contribution is 0.0692. The fourth-order valence-electron chi connectivity index (χ4n) is 3.06. The van der Waals surface area contributed by atoms with E-state index in [2.05, 4.69) is 0 Å². The number of rotatable bonds is 6. The monoisotopic (exact) mass is 387 g/mol. The fourth-order valence-corrected chi connectivity index (χ4v) is 3.06. The maximum absolute atomic E-state index is 12.9. The van der Waals surface area contributed by atoms with Gasteiger partial charge in [0.1, 0.15) is 0 Å². The Balaban J connectivity index is 0.00000261. The van der Waals surface area contributed by atoms with Crippen LogP contribution in [0.1, 0.15) is 36.6 Å². The van der Waals surface area contributed by atoms with Crippen molar-refractivity contribution in [2.75, 3.05) is 26.7 Å². The van der Waals surface area contributed by atoms with Crippen molar-refractivity contribution in [2.45, 2.75) is 6.42 Å². The zero-order valence-corrected chi connectivity index (χ0v) is 15.9. The third-order valence-corrected chi connectivity index (χ3v) is 4.54. The molecule has 0 fully saturated rings. The minimum atomic E-state index is -0.380. The predicted octanol–water partition coefficient (Wildman–Crippen LogP) is 1.98. The van der Waals surface area contributed by atoms with Crippen molar-refractivity contribution < 1.29 is 14.4 Å². The quantitative estimate of drug-likeness (QED) is 0.768. The Bertz CT molecular complexity index is 855. The molecular formula is C20H22ClN3O3. The molecule has 1 aliphatic heterocycles. The van der Waals surface area contributed by atoms with Crippen LogP contribution in [-0.4, -0.2) is 54.2 Å². The van der Waals surface area contributed by atoms with Crippen molar-refractivity contribution in [1.82, 2.24) is 9.80 Å². The van der Waals surface area contributed by atoms with E-state index in [0.717, 1.165) is 16.9 Å². The standard InChI is InChI=1S/C20H21N3O3.ClH/c1-22-19(25)16-8-7-15(13-17(16)20(22)26)18(24)23(12-10-21)11-9-14-5-3-2-4-6-14;/h2-8,13H,9-12,21H2,1H3;1H. The molecule has 0 aromatic heterocycles. The van der Waals surface area contributed by atoms with Crippen LogP contribution in [0.4, 0.5) is 0 Å². The first-order chi connectivity index (χ1) is 12.5. The van der Waals surface area contributed by atoms with Crippen molar-refractivity contribution in [3.8, 4) is 0 Å². The lowest BCUT2D eigenvalue weighted by Gasteiger charge is -2.22. The number of hydrogen-bond donors (Lipinski definition) is 1. The van der Waals surface area contributed by atoms with Gasteiger partial charge in [-0.25, -0.2) is 0 Å². The molecule has 142 valence electrons. The maximum atomic E-state index is 12.9. The fraction of sp³-hybridized carbons (Fsp3) is 0.250. The summed E-state index contributed by atoms with van der Waals surface area (Å²) in [5.74, 6) is -0.912. The number of nitrogens with two attached hydrogens (primary N) is 1. The van der Waals surface area contributed by atoms with E-state index in [9.17, 15) is 14.4 Å². The van der Waals surface area contributed by atoms with E-state index in [1.54, 1.807) is 17.0 Å². The minimum absolute atomic E-state index is 0. The zero-order chi connectivity index (χ0) is 18.7. The number of halogens is 1. The molecule has 27 heavy (non-hydrogen) atoms. The number of hydrogen-bond acceptors (Lipinski definition) is 4. The van der Waals surface area contributed by atoms with E-state index in [1.807, 2.05) is 30.3 Å². The Kier molecular flexibility index (Phi) is 6.71. The van der Waals surface area contributed by atoms with Gasteiger partial charge in [0.05, 0.1) is 11.1 Å². The Morgan fingerprint density at radius 1 is 1.00 bits per heavy atom. The number of fused-ring (bicyclic) bond motifs is 1. The summed E-state index contributed by atoms with van der Waals surface area (Å²) < 4.78 is 0. The topological polar surface area (TPSA) is 83.7 Å². The maximum Gasteiger partial charge on any atom is 0.261 e. The van der Waals surface area contributed by atoms with E-state index in [0.29, 0.717) is 30.8 Å². The molecule has 0 spiro atoms. The number of carbonyl (C=O) groups excluding carboxylic acids is 3. The molecule has 1 aliphatic rings. The van der Waals surface area contributed by atoms with Gasteiger partial charge in [-0.15, -0.1) is 12.4 Å². The normalized spacial score (nSPS) is 12.6. The molecule has 0 atom stereocenters. The van der Waals surface area contributed by atoms with E-state index in [4.69, 9.17) is 5.73 Å². The third-order valence-electron chi connectivity index (χ3n) is 4.54. The van der Waals surface area contributed by atoms with Gasteiger partial charge in [0.25, 0.3) is 17.7 Å². The Morgan fingerprint density at radius 2 is 1.67 bits per heavy atom. The summed E-state index contributed by atoms with van der Waals surface area (Å²) in [5.41, 5.74) is 7.81. The number of amides is 3. The van der Waals surface area contributed by atoms with E-state index in [1.165, 1.54) is 13.1 Å². The summed E-state index contributed by atoms with van der Waals surface area (Å²) in [4.78, 5) is 39.8. The van der Waals surface area contributed by atoms with Gasteiger partial charge in [-0.05, 0) is 30.2 Å². The molecule has 7 heteroatoms. The van der Waals surface area contributed by atoms with Gasteiger partial charge in [0, 0.05) is 32.2 Å². The van der Waals surface area contributed by atoms with E-state index in [-0.39, 0.29) is 35.7 Å². The van der Waals surface area contributed by atoms with Gasteiger partial charge in [0.15, 0.2) is 0 Å². The smallest absolute Gasteiger partial charge is 0.261 e. The van der Waals surface area contributed by atoms with Crippen molar-refractivity contribution in [1.29, 1.82) is 0 Å². The number of benzene rings is 2. The molecule has 0 saturated carbocycles. The molecule has 0 aliphatic carbocycles. The van der Waals surface area contributed by atoms with Crippen LogP contribution >= 0.6 is 12.4 Å². The summed E-state index contributed by atoms with van der Waals surface area (Å²) in [7, 11) is 1.44. The number of imide groups is 1. The molecule has 3 amide bonds. The van der Waals surface area contributed by atoms with Crippen LogP contribution in [0.15, 0.2) is 48.5 Å². The first-order valence-electron chi connectivity index (χ1n) is 8.52. The predicted molar refractivity (Wildman–Crippen MR) is 105 cm³/mol. The molecule has 0 bridgehead atoms. The molecular weight excluding hydrogens is 366 g/mol. The minimum Gasteiger partial charge on any atom is -0.337 e. The summed E-state index contributed by atoms with van der Waals surface area (Å²) in [5, 5.41) is 0. The second kappa shape index (κ2) is 8.79. The summed E-state index contributed by atoms with van der Waals surface area (Å²) in [6.45, 7) is 1.31. The van der Waals surface area contributed by atoms with Gasteiger partial charge >= 0.3 is 0 Å². The average molecular weight is 388 g/mol. The molecule has 0 unspecified atom stereocenters. The van der Waals surface area contributed by atoms with Gasteiger partial charge < -0.3 is 10.6 Å². The second-order valence-electron chi connectivity index (χ2n) is 6.25. The Hall–Kier alpha value is -2.70. The van der Waals surface area contributed by atoms with Crippen molar-refractivity contribution in [2.24, 2.45) is 5.73 Å². The van der Waals surface area contributed by atoms with Crippen LogP contribution < -0.4 is 5.73 Å². The largest absolute Gasteiger partial charge is 0.337 e. The van der Waals surface area contributed by atoms with Crippen LogP contribution in [-0.2, 0) is 6.42 Å². The third kappa shape index (κ3) is 4.18. The first kappa shape index (κ1) is 20.6. The van der Waals surface area contributed by atoms with Gasteiger partial charge in [-0.3, -0.25) is 19.3 Å². The van der Waals surface area contributed by atoms with Gasteiger partial charge in [-0.2, -0.15) is 0 Å².